The molecule has 0 fully saturated rings. The summed E-state index contributed by atoms with van der Waals surface area (Å²) in [5.41, 5.74) is 1.99. The predicted octanol–water partition coefficient (Wildman–Crippen LogP) is 5.01. The van der Waals surface area contributed by atoms with Crippen molar-refractivity contribution >= 4 is 11.6 Å². The molecular weight excluding hydrogens is 411 g/mol. The lowest BCUT2D eigenvalue weighted by Gasteiger charge is -2.08. The normalized spacial score (nSPS) is 10.8. The molecule has 2 aromatic carbocycles. The Kier molecular flexibility index (Phi) is 8.74. The number of nitrogens with zero attached hydrogens (tertiary/aromatic N) is 3. The number of hydrogen-bond donors (Lipinski definition) is 1. The molecule has 3 aromatic rings. The third-order valence-corrected chi connectivity index (χ3v) is 4.74. The SMILES string of the molecule is CCCCCC(=O)Nc1ccc(-n2nc(OCCOCC)nc2-c2cccc(F)c2)cc1. The number of hydrogen-bond acceptors (Lipinski definition) is 5. The molecule has 0 aliphatic carbocycles. The van der Waals surface area contributed by atoms with Gasteiger partial charge in [-0.05, 0) is 49.7 Å². The number of amides is 1. The van der Waals surface area contributed by atoms with E-state index in [-0.39, 0.29) is 17.7 Å². The third kappa shape index (κ3) is 6.62. The van der Waals surface area contributed by atoms with Crippen molar-refractivity contribution in [2.24, 2.45) is 0 Å². The van der Waals surface area contributed by atoms with Gasteiger partial charge < -0.3 is 14.8 Å². The number of halogens is 1. The van der Waals surface area contributed by atoms with Crippen LogP contribution in [-0.4, -0.2) is 40.5 Å². The zero-order valence-corrected chi connectivity index (χ0v) is 18.5. The second-order valence-corrected chi connectivity index (χ2v) is 7.24. The zero-order valence-electron chi connectivity index (χ0n) is 18.5. The van der Waals surface area contributed by atoms with Crippen molar-refractivity contribution in [2.75, 3.05) is 25.1 Å². The fourth-order valence-electron chi connectivity index (χ4n) is 3.13. The Morgan fingerprint density at radius 2 is 1.91 bits per heavy atom. The summed E-state index contributed by atoms with van der Waals surface area (Å²) in [4.78, 5) is 16.5. The zero-order chi connectivity index (χ0) is 22.8. The summed E-state index contributed by atoms with van der Waals surface area (Å²) in [6, 6.07) is 13.6. The summed E-state index contributed by atoms with van der Waals surface area (Å²) in [5, 5.41) is 7.35. The van der Waals surface area contributed by atoms with Gasteiger partial charge in [0.1, 0.15) is 12.4 Å². The summed E-state index contributed by atoms with van der Waals surface area (Å²) in [6.07, 6.45) is 3.49. The number of aromatic nitrogens is 3. The summed E-state index contributed by atoms with van der Waals surface area (Å²) >= 11 is 0. The minimum atomic E-state index is -0.364. The summed E-state index contributed by atoms with van der Waals surface area (Å²) in [7, 11) is 0. The number of anilines is 1. The molecule has 1 N–H and O–H groups in total. The van der Waals surface area contributed by atoms with E-state index in [1.807, 2.05) is 19.1 Å². The Morgan fingerprint density at radius 3 is 2.62 bits per heavy atom. The van der Waals surface area contributed by atoms with Gasteiger partial charge in [0.15, 0.2) is 5.82 Å². The standard InChI is InChI=1S/C24H29FN4O3/c1-3-5-6-10-22(30)26-20-11-13-21(14-12-20)29-23(18-8-7-9-19(25)17-18)27-24(28-29)32-16-15-31-4-2/h7-9,11-14,17H,3-6,10,15-16H2,1-2H3,(H,26,30). The van der Waals surface area contributed by atoms with E-state index >= 15 is 0 Å². The van der Waals surface area contributed by atoms with Crippen molar-refractivity contribution in [3.63, 3.8) is 0 Å². The van der Waals surface area contributed by atoms with E-state index in [0.717, 1.165) is 19.3 Å². The second kappa shape index (κ2) is 12.0. The Morgan fingerprint density at radius 1 is 1.09 bits per heavy atom. The van der Waals surface area contributed by atoms with Crippen LogP contribution in [0.3, 0.4) is 0 Å². The number of carbonyl (C=O) groups excluding carboxylic acids is 1. The molecule has 7 nitrogen and oxygen atoms in total. The third-order valence-electron chi connectivity index (χ3n) is 4.74. The van der Waals surface area contributed by atoms with Gasteiger partial charge >= 0.3 is 6.01 Å². The molecule has 8 heteroatoms. The van der Waals surface area contributed by atoms with Crippen LogP contribution < -0.4 is 10.1 Å². The Hall–Kier alpha value is -3.26. The van der Waals surface area contributed by atoms with Crippen LogP contribution in [-0.2, 0) is 9.53 Å². The molecule has 0 saturated carbocycles. The van der Waals surface area contributed by atoms with Crippen LogP contribution in [0, 0.1) is 5.82 Å². The molecule has 0 bridgehead atoms. The summed E-state index contributed by atoms with van der Waals surface area (Å²) < 4.78 is 26.3. The van der Waals surface area contributed by atoms with E-state index in [1.165, 1.54) is 12.1 Å². The summed E-state index contributed by atoms with van der Waals surface area (Å²) in [5.74, 6) is 0.0849. The maximum Gasteiger partial charge on any atom is 0.336 e. The number of nitrogens with one attached hydrogen (secondary N) is 1. The highest BCUT2D eigenvalue weighted by molar-refractivity contribution is 5.90. The van der Waals surface area contributed by atoms with Gasteiger partial charge in [-0.25, -0.2) is 9.07 Å². The Bertz CT molecular complexity index is 1000. The molecule has 0 aliphatic heterocycles. The summed E-state index contributed by atoms with van der Waals surface area (Å²) in [6.45, 7) is 5.35. The van der Waals surface area contributed by atoms with E-state index in [1.54, 1.807) is 28.9 Å². The molecular formula is C24H29FN4O3. The first-order valence-electron chi connectivity index (χ1n) is 10.9. The average molecular weight is 441 g/mol. The van der Waals surface area contributed by atoms with Gasteiger partial charge in [0, 0.05) is 24.3 Å². The molecule has 1 amide bonds. The number of benzene rings is 2. The molecule has 0 aliphatic rings. The number of ether oxygens (including phenoxy) is 2. The van der Waals surface area contributed by atoms with Crippen molar-refractivity contribution < 1.29 is 18.7 Å². The Balaban J connectivity index is 1.80. The van der Waals surface area contributed by atoms with E-state index in [9.17, 15) is 9.18 Å². The van der Waals surface area contributed by atoms with Gasteiger partial charge in [0.2, 0.25) is 5.91 Å². The average Bonchev–Trinajstić information content (AvgIpc) is 3.22. The quantitative estimate of drug-likeness (QED) is 0.401. The minimum absolute atomic E-state index is 0.00242. The molecule has 0 atom stereocenters. The van der Waals surface area contributed by atoms with Crippen molar-refractivity contribution in [3.8, 4) is 23.1 Å². The number of unbranched alkanes of at least 4 members (excludes halogenated alkanes) is 2. The number of rotatable bonds is 12. The maximum absolute atomic E-state index is 13.8. The van der Waals surface area contributed by atoms with Crippen LogP contribution in [0.25, 0.3) is 17.1 Å². The van der Waals surface area contributed by atoms with Crippen molar-refractivity contribution in [1.29, 1.82) is 0 Å². The van der Waals surface area contributed by atoms with E-state index in [2.05, 4.69) is 22.3 Å². The van der Waals surface area contributed by atoms with Gasteiger partial charge in [0.05, 0.1) is 12.3 Å². The van der Waals surface area contributed by atoms with E-state index < -0.39 is 0 Å². The van der Waals surface area contributed by atoms with Crippen molar-refractivity contribution in [3.05, 3.63) is 54.3 Å². The maximum atomic E-state index is 13.8. The molecule has 0 spiro atoms. The fraction of sp³-hybridized carbons (Fsp3) is 0.375. The number of carbonyl (C=O) groups is 1. The lowest BCUT2D eigenvalue weighted by atomic mass is 10.2. The minimum Gasteiger partial charge on any atom is -0.460 e. The molecule has 32 heavy (non-hydrogen) atoms. The lowest BCUT2D eigenvalue weighted by Crippen LogP contribution is -2.11. The van der Waals surface area contributed by atoms with Crippen LogP contribution in [0.1, 0.15) is 39.5 Å². The van der Waals surface area contributed by atoms with Crippen LogP contribution in [0.5, 0.6) is 6.01 Å². The van der Waals surface area contributed by atoms with Crippen LogP contribution in [0.15, 0.2) is 48.5 Å². The first-order chi connectivity index (χ1) is 15.6. The molecule has 3 rings (SSSR count). The van der Waals surface area contributed by atoms with Crippen LogP contribution in [0.4, 0.5) is 10.1 Å². The first kappa shape index (κ1) is 23.4. The van der Waals surface area contributed by atoms with Gasteiger partial charge in [-0.1, -0.05) is 31.9 Å². The van der Waals surface area contributed by atoms with E-state index in [4.69, 9.17) is 9.47 Å². The van der Waals surface area contributed by atoms with Gasteiger partial charge in [-0.15, -0.1) is 5.10 Å². The second-order valence-electron chi connectivity index (χ2n) is 7.24. The predicted molar refractivity (Wildman–Crippen MR) is 122 cm³/mol. The molecule has 0 unspecified atom stereocenters. The highest BCUT2D eigenvalue weighted by atomic mass is 19.1. The first-order valence-corrected chi connectivity index (χ1v) is 10.9. The van der Waals surface area contributed by atoms with E-state index in [0.29, 0.717) is 49.0 Å². The molecule has 170 valence electrons. The lowest BCUT2D eigenvalue weighted by molar-refractivity contribution is -0.116. The molecule has 1 aromatic heterocycles. The van der Waals surface area contributed by atoms with Crippen LogP contribution >= 0.6 is 0 Å². The van der Waals surface area contributed by atoms with Gasteiger partial charge in [-0.3, -0.25) is 4.79 Å². The highest BCUT2D eigenvalue weighted by Crippen LogP contribution is 2.25. The topological polar surface area (TPSA) is 78.3 Å². The largest absolute Gasteiger partial charge is 0.460 e. The monoisotopic (exact) mass is 440 g/mol. The van der Waals surface area contributed by atoms with Gasteiger partial charge in [-0.2, -0.15) is 4.98 Å². The Labute approximate surface area is 187 Å². The van der Waals surface area contributed by atoms with Crippen molar-refractivity contribution in [2.45, 2.75) is 39.5 Å². The smallest absolute Gasteiger partial charge is 0.336 e. The molecule has 0 radical (unpaired) electrons. The molecule has 1 heterocycles. The molecule has 0 saturated heterocycles. The van der Waals surface area contributed by atoms with Crippen LogP contribution in [0.2, 0.25) is 0 Å². The fourth-order valence-corrected chi connectivity index (χ4v) is 3.13. The van der Waals surface area contributed by atoms with Crippen molar-refractivity contribution in [1.82, 2.24) is 14.8 Å². The van der Waals surface area contributed by atoms with Gasteiger partial charge in [0.25, 0.3) is 0 Å². The highest BCUT2D eigenvalue weighted by Gasteiger charge is 2.15.